The Morgan fingerprint density at radius 1 is 1.24 bits per heavy atom. The minimum absolute atomic E-state index is 0.0979. The molecule has 1 aromatic carbocycles. The van der Waals surface area contributed by atoms with Crippen LogP contribution in [0.15, 0.2) is 38.8 Å². The number of rotatable bonds is 7. The molecule has 0 bridgehead atoms. The zero-order chi connectivity index (χ0) is 17.6. The number of hydrogen-bond donors (Lipinski definition) is 1. The predicted molar refractivity (Wildman–Crippen MR) is 95.8 cm³/mol. The van der Waals surface area contributed by atoms with E-state index in [1.54, 1.807) is 6.92 Å². The van der Waals surface area contributed by atoms with E-state index in [0.717, 1.165) is 4.90 Å². The van der Waals surface area contributed by atoms with Crippen molar-refractivity contribution in [3.8, 4) is 0 Å². The van der Waals surface area contributed by atoms with Gasteiger partial charge in [-0.1, -0.05) is 22.9 Å². The van der Waals surface area contributed by atoms with Gasteiger partial charge in [0.2, 0.25) is 22.1 Å². The van der Waals surface area contributed by atoms with Crippen LogP contribution >= 0.6 is 23.3 Å². The van der Waals surface area contributed by atoms with E-state index in [2.05, 4.69) is 24.8 Å². The second-order valence-electron chi connectivity index (χ2n) is 5.43. The molecule has 0 aliphatic heterocycles. The van der Waals surface area contributed by atoms with Crippen LogP contribution in [0.4, 0.5) is 5.13 Å². The van der Waals surface area contributed by atoms with Gasteiger partial charge >= 0.3 is 0 Å². The normalized spacial score (nSPS) is 10.8. The molecule has 2 heterocycles. The van der Waals surface area contributed by atoms with Crippen molar-refractivity contribution in [2.75, 3.05) is 5.32 Å². The molecule has 0 aliphatic carbocycles. The van der Waals surface area contributed by atoms with Gasteiger partial charge in [-0.2, -0.15) is 14.3 Å². The lowest BCUT2D eigenvalue weighted by Crippen LogP contribution is -2.11. The molecular weight excluding hydrogens is 358 g/mol. The summed E-state index contributed by atoms with van der Waals surface area (Å²) in [6, 6.07) is 8.14. The molecule has 0 aliphatic rings. The second-order valence-corrected chi connectivity index (χ2v) is 7.23. The molecule has 3 aromatic rings. The van der Waals surface area contributed by atoms with Crippen LogP contribution in [-0.2, 0) is 11.2 Å². The van der Waals surface area contributed by atoms with E-state index in [0.29, 0.717) is 41.3 Å². The zero-order valence-corrected chi connectivity index (χ0v) is 15.5. The minimum Gasteiger partial charge on any atom is -0.339 e. The molecule has 7 nitrogen and oxygen atoms in total. The minimum atomic E-state index is -0.0979. The molecule has 0 radical (unpaired) electrons. The first-order valence-electron chi connectivity index (χ1n) is 7.76. The molecule has 0 unspecified atom stereocenters. The fraction of sp³-hybridized carbons (Fsp3) is 0.312. The maximum absolute atomic E-state index is 12.0. The molecule has 0 atom stereocenters. The molecule has 2 aromatic heterocycles. The van der Waals surface area contributed by atoms with Gasteiger partial charge in [0.15, 0.2) is 5.82 Å². The molecule has 0 fully saturated rings. The highest BCUT2D eigenvalue weighted by Gasteiger charge is 2.10. The van der Waals surface area contributed by atoms with Gasteiger partial charge in [0.1, 0.15) is 0 Å². The first-order chi connectivity index (χ1) is 12.1. The molecule has 0 spiro atoms. The van der Waals surface area contributed by atoms with Gasteiger partial charge in [0.25, 0.3) is 0 Å². The molecule has 1 amide bonds. The first kappa shape index (κ1) is 17.6. The van der Waals surface area contributed by atoms with Crippen LogP contribution < -0.4 is 5.32 Å². The van der Waals surface area contributed by atoms with Crippen LogP contribution in [0, 0.1) is 13.8 Å². The fourth-order valence-electron chi connectivity index (χ4n) is 2.04. The maximum atomic E-state index is 12.0. The van der Waals surface area contributed by atoms with E-state index >= 15 is 0 Å². The smallest absolute Gasteiger partial charge is 0.226 e. The predicted octanol–water partition coefficient (Wildman–Crippen LogP) is 3.65. The van der Waals surface area contributed by atoms with Gasteiger partial charge in [-0.15, -0.1) is 0 Å². The summed E-state index contributed by atoms with van der Waals surface area (Å²) in [7, 11) is 0. The van der Waals surface area contributed by atoms with Crippen LogP contribution in [0.5, 0.6) is 0 Å². The molecule has 3 rings (SSSR count). The summed E-state index contributed by atoms with van der Waals surface area (Å²) in [5.74, 6) is 1.06. The first-order valence-corrected chi connectivity index (χ1v) is 9.35. The third-order valence-corrected chi connectivity index (χ3v) is 4.87. The Bertz CT molecular complexity index is 844. The van der Waals surface area contributed by atoms with Gasteiger partial charge < -0.3 is 9.84 Å². The highest BCUT2D eigenvalue weighted by atomic mass is 32.2. The maximum Gasteiger partial charge on any atom is 0.226 e. The molecule has 130 valence electrons. The largest absolute Gasteiger partial charge is 0.339 e. The average Bonchev–Trinajstić information content (AvgIpc) is 3.19. The van der Waals surface area contributed by atoms with E-state index in [-0.39, 0.29) is 5.91 Å². The lowest BCUT2D eigenvalue weighted by atomic mass is 10.2. The Labute approximate surface area is 153 Å². The van der Waals surface area contributed by atoms with Crippen molar-refractivity contribution in [2.45, 2.75) is 43.2 Å². The SMILES string of the molecule is Cc1ccc(Sc2nsc(NC(=O)CCCc3nc(C)no3)n2)cc1. The number of nitrogens with zero attached hydrogens (tertiary/aromatic N) is 4. The molecule has 25 heavy (non-hydrogen) atoms. The summed E-state index contributed by atoms with van der Waals surface area (Å²) >= 11 is 2.65. The summed E-state index contributed by atoms with van der Waals surface area (Å²) in [4.78, 5) is 21.5. The summed E-state index contributed by atoms with van der Waals surface area (Å²) in [6.45, 7) is 3.81. The molecule has 1 N–H and O–H groups in total. The Hall–Kier alpha value is -2.26. The van der Waals surface area contributed by atoms with Gasteiger partial charge in [-0.3, -0.25) is 4.79 Å². The van der Waals surface area contributed by atoms with Crippen molar-refractivity contribution < 1.29 is 9.32 Å². The number of carbonyl (C=O) groups excluding carboxylic acids is 1. The third kappa shape index (κ3) is 5.36. The molecule has 9 heteroatoms. The van der Waals surface area contributed by atoms with E-state index < -0.39 is 0 Å². The monoisotopic (exact) mass is 375 g/mol. The number of amides is 1. The highest BCUT2D eigenvalue weighted by molar-refractivity contribution is 7.99. The van der Waals surface area contributed by atoms with Crippen molar-refractivity contribution in [1.82, 2.24) is 19.5 Å². The van der Waals surface area contributed by atoms with Gasteiger partial charge in [0, 0.05) is 29.3 Å². The summed E-state index contributed by atoms with van der Waals surface area (Å²) < 4.78 is 9.28. The number of benzene rings is 1. The van der Waals surface area contributed by atoms with Crippen molar-refractivity contribution in [2.24, 2.45) is 0 Å². The molecule has 0 saturated carbocycles. The molecular formula is C16H17N5O2S2. The van der Waals surface area contributed by atoms with Crippen LogP contribution in [0.1, 0.15) is 30.1 Å². The lowest BCUT2D eigenvalue weighted by Gasteiger charge is -1.99. The van der Waals surface area contributed by atoms with Crippen molar-refractivity contribution in [1.29, 1.82) is 0 Å². The summed E-state index contributed by atoms with van der Waals surface area (Å²) in [5, 5.41) is 7.63. The molecule has 0 saturated heterocycles. The topological polar surface area (TPSA) is 93.8 Å². The zero-order valence-electron chi connectivity index (χ0n) is 13.9. The standard InChI is InChI=1S/C16H17N5O2S2/c1-10-6-8-12(9-7-10)24-16-19-15(25-21-16)18-13(22)4-3-5-14-17-11(2)20-23-14/h6-9H,3-5H2,1-2H3,(H,18,19,21,22). The van der Waals surface area contributed by atoms with Crippen LogP contribution in [0.2, 0.25) is 0 Å². The van der Waals surface area contributed by atoms with Crippen LogP contribution in [0.25, 0.3) is 0 Å². The third-order valence-electron chi connectivity index (χ3n) is 3.25. The quantitative estimate of drug-likeness (QED) is 0.673. The van der Waals surface area contributed by atoms with Crippen molar-refractivity contribution >= 4 is 34.3 Å². The van der Waals surface area contributed by atoms with E-state index in [9.17, 15) is 4.79 Å². The highest BCUT2D eigenvalue weighted by Crippen LogP contribution is 2.27. The Morgan fingerprint density at radius 3 is 2.76 bits per heavy atom. The number of anilines is 1. The summed E-state index contributed by atoms with van der Waals surface area (Å²) in [6.07, 6.45) is 1.58. The number of aryl methyl sites for hydroxylation is 3. The van der Waals surface area contributed by atoms with E-state index in [4.69, 9.17) is 4.52 Å². The van der Waals surface area contributed by atoms with Crippen molar-refractivity contribution in [3.05, 3.63) is 41.5 Å². The Balaban J connectivity index is 1.45. The number of nitrogens with one attached hydrogen (secondary N) is 1. The van der Waals surface area contributed by atoms with Gasteiger partial charge in [-0.05, 0) is 44.2 Å². The van der Waals surface area contributed by atoms with Gasteiger partial charge in [0.05, 0.1) is 0 Å². The lowest BCUT2D eigenvalue weighted by molar-refractivity contribution is -0.116. The van der Waals surface area contributed by atoms with E-state index in [1.807, 2.05) is 31.2 Å². The van der Waals surface area contributed by atoms with Crippen molar-refractivity contribution in [3.63, 3.8) is 0 Å². The second kappa shape index (κ2) is 8.21. The number of carbonyl (C=O) groups is 1. The van der Waals surface area contributed by atoms with Crippen LogP contribution in [-0.4, -0.2) is 25.4 Å². The van der Waals surface area contributed by atoms with Crippen LogP contribution in [0.3, 0.4) is 0 Å². The Kier molecular flexibility index (Phi) is 5.77. The average molecular weight is 375 g/mol. The summed E-state index contributed by atoms with van der Waals surface area (Å²) in [5.41, 5.74) is 1.21. The number of aromatic nitrogens is 4. The fourth-order valence-corrected chi connectivity index (χ4v) is 3.47. The van der Waals surface area contributed by atoms with E-state index in [1.165, 1.54) is 28.9 Å². The Morgan fingerprint density at radius 2 is 2.04 bits per heavy atom. The van der Waals surface area contributed by atoms with Gasteiger partial charge in [-0.25, -0.2) is 0 Å². The number of hydrogen-bond acceptors (Lipinski definition) is 8.